The van der Waals surface area contributed by atoms with Crippen molar-refractivity contribution in [2.24, 2.45) is 0 Å². The van der Waals surface area contributed by atoms with Gasteiger partial charge in [0.1, 0.15) is 0 Å². The molecular formula is C12H26OSi. The van der Waals surface area contributed by atoms with E-state index in [9.17, 15) is 0 Å². The molecule has 0 spiro atoms. The first-order valence-electron chi connectivity index (χ1n) is 6.47. The van der Waals surface area contributed by atoms with Crippen molar-refractivity contribution >= 4 is 8.32 Å². The van der Waals surface area contributed by atoms with E-state index < -0.39 is 8.32 Å². The van der Waals surface area contributed by atoms with E-state index in [1.165, 1.54) is 56.7 Å². The summed E-state index contributed by atoms with van der Waals surface area (Å²) in [7, 11) is -1.22. The molecule has 1 rings (SSSR count). The minimum Gasteiger partial charge on any atom is -0.417 e. The molecule has 1 heterocycles. The van der Waals surface area contributed by atoms with E-state index in [2.05, 4.69) is 13.8 Å². The molecule has 0 aromatic carbocycles. The minimum absolute atomic E-state index is 1.07. The van der Waals surface area contributed by atoms with Crippen LogP contribution in [0.25, 0.3) is 0 Å². The third-order valence-electron chi connectivity index (χ3n) is 3.41. The van der Waals surface area contributed by atoms with Crippen LogP contribution in [0.15, 0.2) is 0 Å². The van der Waals surface area contributed by atoms with Gasteiger partial charge in [0.2, 0.25) is 0 Å². The molecule has 14 heavy (non-hydrogen) atoms. The zero-order valence-corrected chi connectivity index (χ0v) is 11.0. The van der Waals surface area contributed by atoms with E-state index in [0.717, 1.165) is 6.61 Å². The van der Waals surface area contributed by atoms with Crippen LogP contribution in [0, 0.1) is 0 Å². The van der Waals surface area contributed by atoms with Crippen LogP contribution in [0.5, 0.6) is 0 Å². The maximum Gasteiger partial charge on any atom is 0.192 e. The lowest BCUT2D eigenvalue weighted by molar-refractivity contribution is 0.263. The molecule has 2 heteroatoms. The second-order valence-corrected chi connectivity index (χ2v) is 8.85. The third-order valence-corrected chi connectivity index (χ3v) is 8.02. The Hall–Kier alpha value is 0.177. The molecule has 1 aliphatic rings. The van der Waals surface area contributed by atoms with Gasteiger partial charge in [-0.15, -0.1) is 0 Å². The van der Waals surface area contributed by atoms with Gasteiger partial charge in [-0.25, -0.2) is 0 Å². The van der Waals surface area contributed by atoms with Crippen LogP contribution in [0.2, 0.25) is 18.1 Å². The summed E-state index contributed by atoms with van der Waals surface area (Å²) in [6.07, 6.45) is 8.23. The van der Waals surface area contributed by atoms with Gasteiger partial charge in [0.15, 0.2) is 8.32 Å². The van der Waals surface area contributed by atoms with Gasteiger partial charge in [-0.2, -0.15) is 0 Å². The highest BCUT2D eigenvalue weighted by Gasteiger charge is 2.35. The van der Waals surface area contributed by atoms with E-state index in [1.807, 2.05) is 0 Å². The molecular weight excluding hydrogens is 188 g/mol. The SMILES string of the molecule is CCCC[Si]1(CCCC)CCCCO1. The lowest BCUT2D eigenvalue weighted by Gasteiger charge is -2.35. The average molecular weight is 214 g/mol. The van der Waals surface area contributed by atoms with Crippen molar-refractivity contribution in [3.8, 4) is 0 Å². The highest BCUT2D eigenvalue weighted by atomic mass is 28.4. The molecule has 84 valence electrons. The Morgan fingerprint density at radius 1 is 1.00 bits per heavy atom. The number of hydrogen-bond acceptors (Lipinski definition) is 1. The van der Waals surface area contributed by atoms with Gasteiger partial charge in [0.25, 0.3) is 0 Å². The van der Waals surface area contributed by atoms with Crippen molar-refractivity contribution in [3.05, 3.63) is 0 Å². The Bertz CT molecular complexity index is 131. The Morgan fingerprint density at radius 2 is 1.64 bits per heavy atom. The first-order valence-corrected chi connectivity index (χ1v) is 9.00. The normalized spacial score (nSPS) is 21.0. The molecule has 0 aliphatic carbocycles. The van der Waals surface area contributed by atoms with Gasteiger partial charge in [0, 0.05) is 6.61 Å². The molecule has 1 saturated heterocycles. The van der Waals surface area contributed by atoms with Crippen LogP contribution in [-0.2, 0) is 4.43 Å². The molecule has 0 atom stereocenters. The number of hydrogen-bond donors (Lipinski definition) is 0. The Morgan fingerprint density at radius 3 is 2.07 bits per heavy atom. The second kappa shape index (κ2) is 6.62. The molecule has 0 N–H and O–H groups in total. The molecule has 0 aromatic rings. The van der Waals surface area contributed by atoms with Crippen molar-refractivity contribution in [2.45, 2.75) is 70.5 Å². The summed E-state index contributed by atoms with van der Waals surface area (Å²) < 4.78 is 6.21. The second-order valence-electron chi connectivity index (χ2n) is 4.70. The van der Waals surface area contributed by atoms with Crippen LogP contribution in [0.1, 0.15) is 52.4 Å². The standard InChI is InChI=1S/C12H26OSi/c1-3-5-10-14(11-6-4-2)12-8-7-9-13-14/h3-12H2,1-2H3. The zero-order valence-electron chi connectivity index (χ0n) is 9.98. The van der Waals surface area contributed by atoms with Gasteiger partial charge in [-0.3, -0.25) is 0 Å². The molecule has 0 radical (unpaired) electrons. The summed E-state index contributed by atoms with van der Waals surface area (Å²) in [4.78, 5) is 0. The summed E-state index contributed by atoms with van der Waals surface area (Å²) in [6, 6.07) is 4.32. The predicted molar refractivity (Wildman–Crippen MR) is 65.2 cm³/mol. The third kappa shape index (κ3) is 3.74. The lowest BCUT2D eigenvalue weighted by atomic mass is 10.3. The van der Waals surface area contributed by atoms with Crippen LogP contribution in [0.4, 0.5) is 0 Å². The zero-order chi connectivity index (χ0) is 10.3. The molecule has 1 fully saturated rings. The molecule has 0 aromatic heterocycles. The molecule has 0 amide bonds. The van der Waals surface area contributed by atoms with Gasteiger partial charge >= 0.3 is 0 Å². The van der Waals surface area contributed by atoms with Crippen LogP contribution in [-0.4, -0.2) is 14.9 Å². The molecule has 1 aliphatic heterocycles. The maximum atomic E-state index is 6.21. The fourth-order valence-corrected chi connectivity index (χ4v) is 7.08. The van der Waals surface area contributed by atoms with Crippen molar-refractivity contribution < 1.29 is 4.43 Å². The largest absolute Gasteiger partial charge is 0.417 e. The van der Waals surface area contributed by atoms with Crippen LogP contribution >= 0.6 is 0 Å². The molecule has 1 nitrogen and oxygen atoms in total. The highest BCUT2D eigenvalue weighted by Crippen LogP contribution is 2.32. The maximum absolute atomic E-state index is 6.21. The van der Waals surface area contributed by atoms with E-state index in [4.69, 9.17) is 4.43 Å². The van der Waals surface area contributed by atoms with Gasteiger partial charge < -0.3 is 4.43 Å². The highest BCUT2D eigenvalue weighted by molar-refractivity contribution is 6.73. The topological polar surface area (TPSA) is 9.23 Å². The van der Waals surface area contributed by atoms with Crippen LogP contribution < -0.4 is 0 Å². The number of rotatable bonds is 6. The van der Waals surface area contributed by atoms with Gasteiger partial charge in [0.05, 0.1) is 0 Å². The fraction of sp³-hybridized carbons (Fsp3) is 1.00. The van der Waals surface area contributed by atoms with Crippen LogP contribution in [0.3, 0.4) is 0 Å². The summed E-state index contributed by atoms with van der Waals surface area (Å²) >= 11 is 0. The van der Waals surface area contributed by atoms with Crippen molar-refractivity contribution in [2.75, 3.05) is 6.61 Å². The van der Waals surface area contributed by atoms with E-state index in [1.54, 1.807) is 0 Å². The smallest absolute Gasteiger partial charge is 0.192 e. The minimum atomic E-state index is -1.22. The molecule has 0 unspecified atom stereocenters. The van der Waals surface area contributed by atoms with Crippen molar-refractivity contribution in [3.63, 3.8) is 0 Å². The van der Waals surface area contributed by atoms with Crippen molar-refractivity contribution in [1.29, 1.82) is 0 Å². The van der Waals surface area contributed by atoms with E-state index >= 15 is 0 Å². The average Bonchev–Trinajstić information content (AvgIpc) is 2.25. The Labute approximate surface area is 90.4 Å². The summed E-state index contributed by atoms with van der Waals surface area (Å²) in [5.74, 6) is 0. The first-order chi connectivity index (χ1) is 6.83. The van der Waals surface area contributed by atoms with Gasteiger partial charge in [-0.05, 0) is 24.6 Å². The summed E-state index contributed by atoms with van der Waals surface area (Å²) in [5, 5.41) is 0. The Kier molecular flexibility index (Phi) is 5.79. The molecule has 0 saturated carbocycles. The monoisotopic (exact) mass is 214 g/mol. The van der Waals surface area contributed by atoms with Crippen molar-refractivity contribution in [1.82, 2.24) is 0 Å². The van der Waals surface area contributed by atoms with Gasteiger partial charge in [-0.1, -0.05) is 46.0 Å². The first kappa shape index (κ1) is 12.2. The predicted octanol–water partition coefficient (Wildman–Crippen LogP) is 4.34. The Balaban J connectivity index is 2.39. The summed E-state index contributed by atoms with van der Waals surface area (Å²) in [5.41, 5.74) is 0. The molecule has 0 bridgehead atoms. The lowest BCUT2D eigenvalue weighted by Crippen LogP contribution is -2.41. The van der Waals surface area contributed by atoms with E-state index in [-0.39, 0.29) is 0 Å². The van der Waals surface area contributed by atoms with E-state index in [0.29, 0.717) is 0 Å². The quantitative estimate of drug-likeness (QED) is 0.598. The summed E-state index contributed by atoms with van der Waals surface area (Å²) in [6.45, 7) is 5.66. The number of unbranched alkanes of at least 4 members (excludes halogenated alkanes) is 2. The fourth-order valence-electron chi connectivity index (χ4n) is 2.43.